The number of aliphatic hydroxyl groups excluding tert-OH is 12. The molecule has 5 amide bonds. The fraction of sp³-hybridized carbons (Fsp3) is 0.873. The maximum atomic E-state index is 14.2. The SMILES string of the molecule is O=C(CCCCCCCCCCCCCCC(=O)ON1C(=O)CCC1=O)CCCCC[C@@H](C(=O)NCCO[C@H]1O[C@H](CO)[C@@H](O)[C@H](O)[C@@H]1O)N(CC(=O)NCCO[C@H]1O[C@H](CO)[C@@H](O)[C@H](O)[C@@H]1O)CC(=O)NCCO[C@H]1O[C@H](CO)[C@@H](O)[C@H](O)[C@@H]1O. The zero-order valence-corrected chi connectivity index (χ0v) is 48.8. The summed E-state index contributed by atoms with van der Waals surface area (Å²) in [7, 11) is 0. The third kappa shape index (κ3) is 25.1. The molecule has 0 unspecified atom stereocenters. The molecule has 0 saturated carbocycles. The molecule has 0 aliphatic carbocycles. The van der Waals surface area contributed by atoms with Crippen molar-refractivity contribution >= 4 is 41.3 Å². The van der Waals surface area contributed by atoms with Gasteiger partial charge >= 0.3 is 5.97 Å². The fourth-order valence-corrected chi connectivity index (χ4v) is 10.2. The molecule has 4 aliphatic rings. The van der Waals surface area contributed by atoms with Crippen LogP contribution in [0.1, 0.15) is 135 Å². The van der Waals surface area contributed by atoms with Gasteiger partial charge in [-0.05, 0) is 25.7 Å². The highest BCUT2D eigenvalue weighted by molar-refractivity contribution is 6.01. The van der Waals surface area contributed by atoms with Gasteiger partial charge in [-0.15, -0.1) is 5.06 Å². The number of nitrogens with zero attached hydrogens (tertiary/aromatic N) is 2. The topological polar surface area (TPSA) is 469 Å². The van der Waals surface area contributed by atoms with Crippen LogP contribution in [0.4, 0.5) is 0 Å². The van der Waals surface area contributed by atoms with Gasteiger partial charge in [-0.3, -0.25) is 33.7 Å². The second kappa shape index (κ2) is 40.5. The number of aliphatic hydroxyl groups is 12. The summed E-state index contributed by atoms with van der Waals surface area (Å²) in [6, 6.07) is -1.20. The molecule has 31 nitrogen and oxygen atoms in total. The molecule has 0 spiro atoms. The molecule has 496 valence electrons. The van der Waals surface area contributed by atoms with E-state index in [1.54, 1.807) is 0 Å². The van der Waals surface area contributed by atoms with Crippen LogP contribution in [0.25, 0.3) is 0 Å². The lowest BCUT2D eigenvalue weighted by Crippen LogP contribution is -2.59. The first-order chi connectivity index (χ1) is 41.2. The molecule has 0 bridgehead atoms. The van der Waals surface area contributed by atoms with E-state index in [4.69, 9.17) is 33.3 Å². The third-order valence-corrected chi connectivity index (χ3v) is 15.3. The Kier molecular flexibility index (Phi) is 35.1. The highest BCUT2D eigenvalue weighted by atomic mass is 16.7. The van der Waals surface area contributed by atoms with Gasteiger partial charge in [-0.1, -0.05) is 77.0 Å². The summed E-state index contributed by atoms with van der Waals surface area (Å²) in [6.45, 7) is -4.90. The number of amides is 5. The molecular formula is C55H95N5O26. The van der Waals surface area contributed by atoms with E-state index in [0.717, 1.165) is 70.6 Å². The number of hydrogen-bond donors (Lipinski definition) is 15. The highest BCUT2D eigenvalue weighted by Gasteiger charge is 2.46. The summed E-state index contributed by atoms with van der Waals surface area (Å²) >= 11 is 0. The summed E-state index contributed by atoms with van der Waals surface area (Å²) in [6.07, 6.45) is -9.53. The molecule has 0 aromatic rings. The number of carbonyl (C=O) groups is 7. The number of ether oxygens (including phenoxy) is 6. The molecular weight excluding hydrogens is 1150 g/mol. The number of Topliss-reactive ketones (excluding diaryl/α,β-unsaturated/α-hetero) is 1. The molecule has 4 saturated heterocycles. The number of carbonyl (C=O) groups excluding carboxylic acids is 7. The molecule has 0 aromatic heterocycles. The standard InChI is InChI=1S/C55H95N5O26/c61-30-35-43(70)46(73)49(76)53(83-35)80-25-22-56-38(65)28-59(29-39(66)57-23-26-81-54-50(77)47(74)44(71)36(31-62)84-54)34(52(79)58-24-27-82-55-51(78)48(75)45(72)37(32-63)85-55)18-14-11-13-17-33(64)16-12-9-7-5-3-1-2-4-6-8-10-15-19-42(69)86-60-40(67)20-21-41(60)68/h34-37,43-51,53-55,61-63,70-78H,1-32H2,(H,56,65)(H,57,66)(H,58,79)/t34-,35+,36+,37+,43+,44+,45+,46-,47-,48-,49-,50-,51-,53-,54-,55-/m0/s1. The maximum absolute atomic E-state index is 14.2. The summed E-state index contributed by atoms with van der Waals surface area (Å²) in [5, 5.41) is 129. The number of ketones is 1. The van der Waals surface area contributed by atoms with Crippen molar-refractivity contribution in [2.45, 2.75) is 233 Å². The van der Waals surface area contributed by atoms with Crippen molar-refractivity contribution in [2.75, 3.05) is 72.4 Å². The number of unbranched alkanes of at least 4 members (excludes halogenated alkanes) is 13. The van der Waals surface area contributed by atoms with Crippen molar-refractivity contribution in [1.29, 1.82) is 0 Å². The lowest BCUT2D eigenvalue weighted by atomic mass is 9.99. The Hall–Kier alpha value is -4.07. The second-order valence-corrected chi connectivity index (χ2v) is 22.0. The molecule has 4 rings (SSSR count). The van der Waals surface area contributed by atoms with Gasteiger partial charge in [0.2, 0.25) is 17.7 Å². The van der Waals surface area contributed by atoms with Gasteiger partial charge in [-0.2, -0.15) is 0 Å². The number of imide groups is 1. The zero-order chi connectivity index (χ0) is 63.1. The van der Waals surface area contributed by atoms with E-state index >= 15 is 0 Å². The highest BCUT2D eigenvalue weighted by Crippen LogP contribution is 2.25. The lowest BCUT2D eigenvalue weighted by molar-refractivity contribution is -0.300. The number of hydroxylamine groups is 2. The predicted molar refractivity (Wildman–Crippen MR) is 293 cm³/mol. The number of rotatable bonds is 43. The molecule has 86 heavy (non-hydrogen) atoms. The summed E-state index contributed by atoms with van der Waals surface area (Å²) in [4.78, 5) is 95.6. The lowest BCUT2D eigenvalue weighted by Gasteiger charge is -2.39. The molecule has 0 radical (unpaired) electrons. The van der Waals surface area contributed by atoms with Crippen LogP contribution < -0.4 is 16.0 Å². The van der Waals surface area contributed by atoms with Crippen molar-refractivity contribution < 1.29 is 128 Å². The average molecular weight is 1240 g/mol. The minimum atomic E-state index is -1.72. The molecule has 0 aromatic carbocycles. The molecule has 4 aliphatic heterocycles. The predicted octanol–water partition coefficient (Wildman–Crippen LogP) is -4.96. The summed E-state index contributed by atoms with van der Waals surface area (Å²) < 4.78 is 32.6. The van der Waals surface area contributed by atoms with Crippen molar-refractivity contribution in [2.24, 2.45) is 0 Å². The summed E-state index contributed by atoms with van der Waals surface area (Å²) in [5.41, 5.74) is 0. The number of nitrogens with one attached hydrogen (secondary N) is 3. The average Bonchev–Trinajstić information content (AvgIpc) is 3.16. The quantitative estimate of drug-likeness (QED) is 0.0201. The molecule has 4 fully saturated rings. The minimum absolute atomic E-state index is 0.0569. The van der Waals surface area contributed by atoms with Gasteiger partial charge in [0.05, 0.1) is 58.8 Å². The van der Waals surface area contributed by atoms with Crippen LogP contribution >= 0.6 is 0 Å². The monoisotopic (exact) mass is 1240 g/mol. The number of hydrogen-bond acceptors (Lipinski definition) is 27. The third-order valence-electron chi connectivity index (χ3n) is 15.3. The Morgan fingerprint density at radius 2 is 0.802 bits per heavy atom. The van der Waals surface area contributed by atoms with Crippen molar-refractivity contribution in [3.8, 4) is 0 Å². The normalized spacial score (nSPS) is 29.0. The van der Waals surface area contributed by atoms with E-state index < -0.39 is 167 Å². The van der Waals surface area contributed by atoms with Crippen LogP contribution in [0.3, 0.4) is 0 Å². The van der Waals surface area contributed by atoms with Crippen LogP contribution in [0.2, 0.25) is 0 Å². The first-order valence-corrected chi connectivity index (χ1v) is 30.1. The van der Waals surface area contributed by atoms with Crippen LogP contribution in [0, 0.1) is 0 Å². The smallest absolute Gasteiger partial charge is 0.333 e. The van der Waals surface area contributed by atoms with E-state index in [2.05, 4.69) is 16.0 Å². The van der Waals surface area contributed by atoms with Crippen molar-refractivity contribution in [3.05, 3.63) is 0 Å². The van der Waals surface area contributed by atoms with Crippen LogP contribution in [-0.2, 0) is 66.8 Å². The fourth-order valence-electron chi connectivity index (χ4n) is 10.2. The van der Waals surface area contributed by atoms with Crippen molar-refractivity contribution in [3.63, 3.8) is 0 Å². The van der Waals surface area contributed by atoms with Crippen molar-refractivity contribution in [1.82, 2.24) is 25.9 Å². The van der Waals surface area contributed by atoms with Crippen LogP contribution in [0.15, 0.2) is 0 Å². The van der Waals surface area contributed by atoms with Gasteiger partial charge in [0.25, 0.3) is 11.8 Å². The Morgan fingerprint density at radius 3 is 1.17 bits per heavy atom. The van der Waals surface area contributed by atoms with E-state index in [0.29, 0.717) is 43.6 Å². The Labute approximate surface area is 499 Å². The Morgan fingerprint density at radius 1 is 0.465 bits per heavy atom. The van der Waals surface area contributed by atoms with Crippen LogP contribution in [0.5, 0.6) is 0 Å². The van der Waals surface area contributed by atoms with Gasteiger partial charge in [0, 0.05) is 51.7 Å². The Bertz CT molecular complexity index is 1950. The van der Waals surface area contributed by atoms with Gasteiger partial charge in [-0.25, -0.2) is 4.79 Å². The molecule has 31 heteroatoms. The zero-order valence-electron chi connectivity index (χ0n) is 48.8. The molecule has 16 atom stereocenters. The largest absolute Gasteiger partial charge is 0.394 e. The van der Waals surface area contributed by atoms with Gasteiger partial charge in [0.15, 0.2) is 18.9 Å². The van der Waals surface area contributed by atoms with Gasteiger partial charge < -0.3 is 110 Å². The molecule has 15 N–H and O–H groups in total. The Balaban J connectivity index is 1.27. The molecule has 4 heterocycles. The van der Waals surface area contributed by atoms with Gasteiger partial charge in [0.1, 0.15) is 79.0 Å². The van der Waals surface area contributed by atoms with Crippen LogP contribution in [-0.4, -0.2) is 283 Å². The van der Waals surface area contributed by atoms with E-state index in [9.17, 15) is 94.8 Å². The minimum Gasteiger partial charge on any atom is -0.394 e. The second-order valence-electron chi connectivity index (χ2n) is 22.0. The summed E-state index contributed by atoms with van der Waals surface area (Å²) in [5.74, 6) is -3.58. The first-order valence-electron chi connectivity index (χ1n) is 30.1. The first kappa shape index (κ1) is 74.4. The van der Waals surface area contributed by atoms with E-state index in [-0.39, 0.29) is 70.9 Å². The van der Waals surface area contributed by atoms with E-state index in [1.807, 2.05) is 0 Å². The maximum Gasteiger partial charge on any atom is 0.333 e. The van der Waals surface area contributed by atoms with E-state index in [1.165, 1.54) is 4.90 Å².